The topological polar surface area (TPSA) is 70.6 Å². The largest absolute Gasteiger partial charge is 0.355 e. The van der Waals surface area contributed by atoms with E-state index in [2.05, 4.69) is 15.6 Å². The summed E-state index contributed by atoms with van der Waals surface area (Å²) in [5, 5.41) is 6.45. The van der Waals surface area contributed by atoms with Crippen LogP contribution in [0.2, 0.25) is 0 Å². The van der Waals surface area contributed by atoms with E-state index in [4.69, 9.17) is 0 Å². The summed E-state index contributed by atoms with van der Waals surface area (Å²) in [5.41, 5.74) is 0. The average Bonchev–Trinajstić information content (AvgIpc) is 2.37. The molecular weight excluding hydrogens is 294 g/mol. The van der Waals surface area contributed by atoms with Gasteiger partial charge in [-0.25, -0.2) is 8.42 Å². The Hall–Kier alpha value is -0.430. The summed E-state index contributed by atoms with van der Waals surface area (Å²) in [6.45, 7) is 5.58. The zero-order valence-corrected chi connectivity index (χ0v) is 14.5. The molecule has 1 aliphatic heterocycles. The van der Waals surface area contributed by atoms with Crippen molar-refractivity contribution in [2.75, 3.05) is 30.9 Å². The van der Waals surface area contributed by atoms with Crippen LogP contribution in [0.3, 0.4) is 0 Å². The molecule has 0 radical (unpaired) electrons. The first-order valence-corrected chi connectivity index (χ1v) is 9.84. The minimum absolute atomic E-state index is 0.122. The smallest absolute Gasteiger partial charge is 0.191 e. The number of rotatable bonds is 4. The molecular formula is C13H27N3O2S2. The number of aliphatic imine (C=N–C) groups is 1. The summed E-state index contributed by atoms with van der Waals surface area (Å²) in [7, 11) is -1.37. The molecule has 1 atom stereocenters. The summed E-state index contributed by atoms with van der Waals surface area (Å²) in [6.07, 6.45) is 2.37. The van der Waals surface area contributed by atoms with E-state index in [-0.39, 0.29) is 5.75 Å². The lowest BCUT2D eigenvalue weighted by molar-refractivity contribution is 0.557. The summed E-state index contributed by atoms with van der Waals surface area (Å²) in [4.78, 5) is 4.15. The van der Waals surface area contributed by atoms with Gasteiger partial charge in [-0.05, 0) is 39.4 Å². The fourth-order valence-corrected chi connectivity index (χ4v) is 3.91. The number of nitrogens with zero attached hydrogens (tertiary/aromatic N) is 1. The van der Waals surface area contributed by atoms with E-state index in [1.165, 1.54) is 12.2 Å². The van der Waals surface area contributed by atoms with Gasteiger partial charge in [-0.3, -0.25) is 4.99 Å². The molecule has 0 aliphatic carbocycles. The molecule has 1 heterocycles. The molecule has 2 N–H and O–H groups in total. The van der Waals surface area contributed by atoms with Gasteiger partial charge in [0.25, 0.3) is 0 Å². The average molecular weight is 322 g/mol. The van der Waals surface area contributed by atoms with Gasteiger partial charge in [0.2, 0.25) is 0 Å². The molecule has 0 spiro atoms. The highest BCUT2D eigenvalue weighted by atomic mass is 32.2. The van der Waals surface area contributed by atoms with Crippen molar-refractivity contribution >= 4 is 27.6 Å². The molecule has 1 unspecified atom stereocenters. The molecule has 1 aliphatic rings. The van der Waals surface area contributed by atoms with Gasteiger partial charge in [-0.1, -0.05) is 0 Å². The van der Waals surface area contributed by atoms with Crippen molar-refractivity contribution in [3.05, 3.63) is 0 Å². The highest BCUT2D eigenvalue weighted by Crippen LogP contribution is 2.17. The third-order valence-electron chi connectivity index (χ3n) is 3.32. The Morgan fingerprint density at radius 3 is 2.60 bits per heavy atom. The van der Waals surface area contributed by atoms with Crippen molar-refractivity contribution in [3.63, 3.8) is 0 Å². The first kappa shape index (κ1) is 17.6. The number of hydrogen-bond acceptors (Lipinski definition) is 4. The second-order valence-electron chi connectivity index (χ2n) is 5.99. The van der Waals surface area contributed by atoms with Crippen LogP contribution in [0.25, 0.3) is 0 Å². The standard InChI is InChI=1S/C13H27N3O2S2/c1-13(2,3)20(17,18)9-7-15-12(14-4)16-11-6-5-8-19-10-11/h11H,5-10H2,1-4H3,(H2,14,15,16). The molecule has 0 bridgehead atoms. The molecule has 5 nitrogen and oxygen atoms in total. The van der Waals surface area contributed by atoms with Crippen LogP contribution >= 0.6 is 11.8 Å². The minimum atomic E-state index is -3.08. The number of guanidine groups is 1. The van der Waals surface area contributed by atoms with Gasteiger partial charge in [-0.2, -0.15) is 11.8 Å². The second-order valence-corrected chi connectivity index (χ2v) is 10.0. The summed E-state index contributed by atoms with van der Waals surface area (Å²) in [6, 6.07) is 0.430. The van der Waals surface area contributed by atoms with Crippen LogP contribution in [0.4, 0.5) is 0 Å². The van der Waals surface area contributed by atoms with Crippen LogP contribution in [0, 0.1) is 0 Å². The molecule has 1 saturated heterocycles. The molecule has 0 aromatic heterocycles. The molecule has 118 valence electrons. The van der Waals surface area contributed by atoms with E-state index in [0.29, 0.717) is 18.5 Å². The van der Waals surface area contributed by atoms with Crippen LogP contribution < -0.4 is 10.6 Å². The first-order chi connectivity index (χ1) is 9.26. The maximum absolute atomic E-state index is 12.0. The lowest BCUT2D eigenvalue weighted by Gasteiger charge is -2.25. The molecule has 1 rings (SSSR count). The van der Waals surface area contributed by atoms with Crippen molar-refractivity contribution in [2.24, 2.45) is 4.99 Å². The van der Waals surface area contributed by atoms with E-state index in [9.17, 15) is 8.42 Å². The van der Waals surface area contributed by atoms with Gasteiger partial charge in [0.1, 0.15) is 0 Å². The maximum Gasteiger partial charge on any atom is 0.191 e. The molecule has 20 heavy (non-hydrogen) atoms. The van der Waals surface area contributed by atoms with Gasteiger partial charge in [-0.15, -0.1) is 0 Å². The van der Waals surface area contributed by atoms with Gasteiger partial charge in [0, 0.05) is 25.4 Å². The maximum atomic E-state index is 12.0. The van der Waals surface area contributed by atoms with Crippen molar-refractivity contribution in [1.29, 1.82) is 0 Å². The van der Waals surface area contributed by atoms with Crippen molar-refractivity contribution < 1.29 is 8.42 Å². The minimum Gasteiger partial charge on any atom is -0.355 e. The highest BCUT2D eigenvalue weighted by molar-refractivity contribution is 7.99. The lowest BCUT2D eigenvalue weighted by atomic mass is 10.2. The Bertz CT molecular complexity index is 421. The van der Waals surface area contributed by atoms with E-state index < -0.39 is 14.6 Å². The Morgan fingerprint density at radius 1 is 1.40 bits per heavy atom. The fourth-order valence-electron chi connectivity index (χ4n) is 1.85. The van der Waals surface area contributed by atoms with Gasteiger partial charge >= 0.3 is 0 Å². The molecule has 0 aromatic rings. The van der Waals surface area contributed by atoms with Crippen LogP contribution in [0.15, 0.2) is 4.99 Å². The number of hydrogen-bond donors (Lipinski definition) is 2. The van der Waals surface area contributed by atoms with Crippen LogP contribution in [0.1, 0.15) is 33.6 Å². The zero-order valence-electron chi connectivity index (χ0n) is 12.9. The second kappa shape index (κ2) is 7.54. The summed E-state index contributed by atoms with van der Waals surface area (Å²) in [5.74, 6) is 3.13. The summed E-state index contributed by atoms with van der Waals surface area (Å²) < 4.78 is 23.3. The van der Waals surface area contributed by atoms with E-state index in [1.807, 2.05) is 11.8 Å². The molecule has 0 amide bonds. The number of thioether (sulfide) groups is 1. The van der Waals surface area contributed by atoms with Crippen molar-refractivity contribution in [2.45, 2.75) is 44.4 Å². The quantitative estimate of drug-likeness (QED) is 0.602. The number of nitrogens with one attached hydrogen (secondary N) is 2. The van der Waals surface area contributed by atoms with Crippen molar-refractivity contribution in [3.8, 4) is 0 Å². The van der Waals surface area contributed by atoms with E-state index >= 15 is 0 Å². The predicted molar refractivity (Wildman–Crippen MR) is 88.4 cm³/mol. The van der Waals surface area contributed by atoms with Gasteiger partial charge < -0.3 is 10.6 Å². The van der Waals surface area contributed by atoms with Crippen LogP contribution in [-0.2, 0) is 9.84 Å². The molecule has 0 saturated carbocycles. The highest BCUT2D eigenvalue weighted by Gasteiger charge is 2.28. The van der Waals surface area contributed by atoms with Gasteiger partial charge in [0.15, 0.2) is 15.8 Å². The third kappa shape index (κ3) is 5.52. The van der Waals surface area contributed by atoms with Crippen molar-refractivity contribution in [1.82, 2.24) is 10.6 Å². The van der Waals surface area contributed by atoms with E-state index in [1.54, 1.807) is 27.8 Å². The normalized spacial score (nSPS) is 21.6. The van der Waals surface area contributed by atoms with Crippen LogP contribution in [0.5, 0.6) is 0 Å². The Balaban J connectivity index is 2.39. The Kier molecular flexibility index (Phi) is 6.64. The molecule has 1 fully saturated rings. The first-order valence-electron chi connectivity index (χ1n) is 7.03. The predicted octanol–water partition coefficient (Wildman–Crippen LogP) is 1.26. The Labute approximate surface area is 127 Å². The third-order valence-corrected chi connectivity index (χ3v) is 7.14. The van der Waals surface area contributed by atoms with E-state index in [0.717, 1.165) is 12.2 Å². The monoisotopic (exact) mass is 321 g/mol. The molecule has 0 aromatic carbocycles. The fraction of sp³-hybridized carbons (Fsp3) is 0.923. The SMILES string of the molecule is CN=C(NCCS(=O)(=O)C(C)(C)C)NC1CCCSC1. The zero-order chi connectivity index (χ0) is 15.2. The molecule has 7 heteroatoms. The lowest BCUT2D eigenvalue weighted by Crippen LogP contribution is -2.47. The number of sulfone groups is 1. The van der Waals surface area contributed by atoms with Crippen LogP contribution in [-0.4, -0.2) is 56.0 Å². The summed E-state index contributed by atoms with van der Waals surface area (Å²) >= 11 is 1.95. The Morgan fingerprint density at radius 2 is 2.10 bits per heavy atom. The van der Waals surface area contributed by atoms with Gasteiger partial charge in [0.05, 0.1) is 10.5 Å².